The molecule has 11 nitrogen and oxygen atoms in total. The highest BCUT2D eigenvalue weighted by atomic mass is 16.5. The van der Waals surface area contributed by atoms with Crippen molar-refractivity contribution in [3.63, 3.8) is 0 Å². The van der Waals surface area contributed by atoms with Gasteiger partial charge in [-0.1, -0.05) is 56.3 Å². The highest BCUT2D eigenvalue weighted by molar-refractivity contribution is 5.99. The second kappa shape index (κ2) is 18.7. The Bertz CT molecular complexity index is 1300. The summed E-state index contributed by atoms with van der Waals surface area (Å²) in [4.78, 5) is 68.0. The number of hydrogen-bond acceptors (Lipinski definition) is 6. The van der Waals surface area contributed by atoms with Gasteiger partial charge in [-0.25, -0.2) is 0 Å². The van der Waals surface area contributed by atoms with Gasteiger partial charge in [0.2, 0.25) is 23.6 Å². The third-order valence-electron chi connectivity index (χ3n) is 7.76. The molecule has 0 spiro atoms. The molecule has 4 rings (SSSR count). The molecular formula is C35H49N5O6. The maximum Gasteiger partial charge on any atom is 0.251 e. The summed E-state index contributed by atoms with van der Waals surface area (Å²) in [6, 6.07) is 13.6. The number of nitrogens with zero attached hydrogens (tertiary/aromatic N) is 1. The lowest BCUT2D eigenvalue weighted by Gasteiger charge is -2.25. The Labute approximate surface area is 272 Å². The van der Waals surface area contributed by atoms with Crippen LogP contribution in [0.4, 0.5) is 0 Å². The van der Waals surface area contributed by atoms with Gasteiger partial charge in [-0.15, -0.1) is 0 Å². The monoisotopic (exact) mass is 635 g/mol. The Balaban J connectivity index is 1.89. The lowest BCUT2D eigenvalue weighted by atomic mass is 10.0. The number of hydrogen-bond donors (Lipinski definition) is 4. The number of amides is 5. The molecular weight excluding hydrogens is 586 g/mol. The number of fused-ring (bicyclic) bond motifs is 18. The molecule has 0 unspecified atom stereocenters. The highest BCUT2D eigenvalue weighted by Gasteiger charge is 2.29. The Hall–Kier alpha value is -4.25. The number of rotatable bonds is 8. The van der Waals surface area contributed by atoms with Crippen molar-refractivity contribution in [3.05, 3.63) is 71.3 Å². The van der Waals surface area contributed by atoms with Crippen molar-refractivity contribution < 1.29 is 28.7 Å². The second-order valence-electron chi connectivity index (χ2n) is 12.1. The van der Waals surface area contributed by atoms with E-state index in [1.54, 1.807) is 36.1 Å². The summed E-state index contributed by atoms with van der Waals surface area (Å²) in [5.41, 5.74) is 2.06. The molecule has 250 valence electrons. The van der Waals surface area contributed by atoms with Crippen LogP contribution in [0.15, 0.2) is 54.6 Å². The second-order valence-corrected chi connectivity index (χ2v) is 12.1. The molecule has 2 heterocycles. The fraction of sp³-hybridized carbons (Fsp3) is 0.514. The van der Waals surface area contributed by atoms with E-state index in [0.29, 0.717) is 57.7 Å². The van der Waals surface area contributed by atoms with E-state index in [0.717, 1.165) is 11.1 Å². The maximum atomic E-state index is 13.7. The lowest BCUT2D eigenvalue weighted by molar-refractivity contribution is -0.133. The first-order valence-corrected chi connectivity index (χ1v) is 16.2. The zero-order chi connectivity index (χ0) is 33.5. The molecule has 46 heavy (non-hydrogen) atoms. The molecule has 0 radical (unpaired) electrons. The van der Waals surface area contributed by atoms with Crippen molar-refractivity contribution in [1.29, 1.82) is 0 Å². The van der Waals surface area contributed by atoms with Gasteiger partial charge in [0.05, 0.1) is 13.0 Å². The molecule has 0 saturated carbocycles. The first kappa shape index (κ1) is 36.2. The number of ether oxygens (including phenoxy) is 1. The third-order valence-corrected chi connectivity index (χ3v) is 7.76. The summed E-state index contributed by atoms with van der Waals surface area (Å²) < 4.78 is 5.38. The largest absolute Gasteiger partial charge is 0.381 e. The molecule has 3 atom stereocenters. The van der Waals surface area contributed by atoms with E-state index in [1.807, 2.05) is 51.1 Å². The third kappa shape index (κ3) is 11.9. The number of carbonyl (C=O) groups is 5. The van der Waals surface area contributed by atoms with E-state index in [2.05, 4.69) is 21.3 Å². The average molecular weight is 636 g/mol. The maximum absolute atomic E-state index is 13.7. The fourth-order valence-electron chi connectivity index (χ4n) is 5.18. The van der Waals surface area contributed by atoms with Crippen LogP contribution < -0.4 is 21.3 Å². The Morgan fingerprint density at radius 1 is 0.891 bits per heavy atom. The van der Waals surface area contributed by atoms with Crippen molar-refractivity contribution in [1.82, 2.24) is 26.2 Å². The van der Waals surface area contributed by atoms with Gasteiger partial charge >= 0.3 is 0 Å². The van der Waals surface area contributed by atoms with Crippen molar-refractivity contribution >= 4 is 29.5 Å². The molecule has 2 aromatic carbocycles. The first-order chi connectivity index (χ1) is 22.1. The molecule has 2 bridgehead atoms. The van der Waals surface area contributed by atoms with Crippen molar-refractivity contribution in [3.8, 4) is 0 Å². The molecule has 4 N–H and O–H groups in total. The summed E-state index contributed by atoms with van der Waals surface area (Å²) in [6.45, 7) is 9.45. The predicted molar refractivity (Wildman–Crippen MR) is 176 cm³/mol. The van der Waals surface area contributed by atoms with Crippen LogP contribution >= 0.6 is 0 Å². The zero-order valence-corrected chi connectivity index (χ0v) is 27.5. The number of nitrogens with one attached hydrogen (secondary N) is 4. The summed E-state index contributed by atoms with van der Waals surface area (Å²) in [7, 11) is 0. The smallest absolute Gasteiger partial charge is 0.251 e. The molecule has 0 saturated heterocycles. The van der Waals surface area contributed by atoms with Gasteiger partial charge in [0, 0.05) is 38.2 Å². The van der Waals surface area contributed by atoms with E-state index in [1.165, 1.54) is 0 Å². The van der Waals surface area contributed by atoms with E-state index >= 15 is 0 Å². The van der Waals surface area contributed by atoms with E-state index in [4.69, 9.17) is 4.74 Å². The van der Waals surface area contributed by atoms with Gasteiger partial charge in [0.15, 0.2) is 0 Å². The van der Waals surface area contributed by atoms with E-state index in [-0.39, 0.29) is 30.6 Å². The molecule has 0 fully saturated rings. The van der Waals surface area contributed by atoms with Gasteiger partial charge in [-0.3, -0.25) is 24.0 Å². The SMILES string of the molecule is CCOCCC(=O)N1CCCCNC(=O)[C@@H](C)NC(=O)[C@H](CC(C)C)NC(=O)[C@@H](Cc2ccccc2)NC(=O)c2ccc(cc2)C1. The van der Waals surface area contributed by atoms with E-state index in [9.17, 15) is 24.0 Å². The predicted octanol–water partition coefficient (Wildman–Crippen LogP) is 2.73. The minimum atomic E-state index is -0.967. The summed E-state index contributed by atoms with van der Waals surface area (Å²) in [6.07, 6.45) is 2.11. The van der Waals surface area contributed by atoms with Crippen LogP contribution in [0.2, 0.25) is 0 Å². The lowest BCUT2D eigenvalue weighted by Crippen LogP contribution is -2.57. The van der Waals surface area contributed by atoms with Crippen molar-refractivity contribution in [2.45, 2.75) is 84.5 Å². The summed E-state index contributed by atoms with van der Waals surface area (Å²) >= 11 is 0. The van der Waals surface area contributed by atoms with E-state index < -0.39 is 35.8 Å². The van der Waals surface area contributed by atoms with Crippen molar-refractivity contribution in [2.24, 2.45) is 5.92 Å². The molecule has 2 aromatic rings. The minimum absolute atomic E-state index is 0.0419. The normalized spacial score (nSPS) is 20.7. The molecule has 0 aromatic heterocycles. The van der Waals surface area contributed by atoms with Crippen LogP contribution in [0.25, 0.3) is 0 Å². The van der Waals surface area contributed by atoms with Gasteiger partial charge < -0.3 is 30.9 Å². The molecule has 2 aliphatic rings. The van der Waals surface area contributed by atoms with Gasteiger partial charge in [0.25, 0.3) is 5.91 Å². The van der Waals surface area contributed by atoms with Gasteiger partial charge in [0.1, 0.15) is 18.1 Å². The van der Waals surface area contributed by atoms with Crippen LogP contribution in [0.1, 0.15) is 74.9 Å². The number of carbonyl (C=O) groups excluding carboxylic acids is 5. The van der Waals surface area contributed by atoms with Crippen LogP contribution in [0.5, 0.6) is 0 Å². The van der Waals surface area contributed by atoms with Crippen LogP contribution in [-0.2, 0) is 36.9 Å². The summed E-state index contributed by atoms with van der Waals surface area (Å²) in [5.74, 6) is -1.72. The Morgan fingerprint density at radius 3 is 2.26 bits per heavy atom. The van der Waals surface area contributed by atoms with Crippen LogP contribution in [-0.4, -0.2) is 78.9 Å². The Morgan fingerprint density at radius 2 is 1.59 bits per heavy atom. The average Bonchev–Trinajstić information content (AvgIpc) is 3.03. The molecule has 2 aliphatic heterocycles. The fourth-order valence-corrected chi connectivity index (χ4v) is 5.18. The minimum Gasteiger partial charge on any atom is -0.381 e. The van der Waals surface area contributed by atoms with Gasteiger partial charge in [-0.05, 0) is 62.3 Å². The standard InChI is InChI=1S/C35H49N5O6/c1-5-46-20-17-31(41)40-19-10-9-18-36-32(42)25(4)37-34(44)29(21-24(2)3)39-35(45)30(22-26-11-7-6-8-12-26)38-33(43)28-15-13-27(23-40)14-16-28/h6-8,11-16,24-25,29-30H,5,9-10,17-23H2,1-4H3,(H,36,42)(H,37,44)(H,38,43)(H,39,45)/t25-,29+,30-/m1/s1. The van der Waals surface area contributed by atoms with Crippen LogP contribution in [0.3, 0.4) is 0 Å². The molecule has 11 heteroatoms. The Kier molecular flexibility index (Phi) is 14.7. The first-order valence-electron chi connectivity index (χ1n) is 16.2. The molecule has 5 amide bonds. The van der Waals surface area contributed by atoms with Crippen LogP contribution in [0, 0.1) is 5.92 Å². The number of benzene rings is 2. The quantitative estimate of drug-likeness (QED) is 0.259. The topological polar surface area (TPSA) is 146 Å². The van der Waals surface area contributed by atoms with Gasteiger partial charge in [-0.2, -0.15) is 0 Å². The molecule has 0 aliphatic carbocycles. The summed E-state index contributed by atoms with van der Waals surface area (Å²) in [5, 5.41) is 11.3. The van der Waals surface area contributed by atoms with Crippen molar-refractivity contribution in [2.75, 3.05) is 26.3 Å². The highest BCUT2D eigenvalue weighted by Crippen LogP contribution is 2.13. The zero-order valence-electron chi connectivity index (χ0n) is 27.5.